The summed E-state index contributed by atoms with van der Waals surface area (Å²) in [5.41, 5.74) is 21.4. The lowest BCUT2D eigenvalue weighted by Gasteiger charge is -2.26. The molecule has 0 saturated carbocycles. The van der Waals surface area contributed by atoms with E-state index in [1.54, 1.807) is 0 Å². The fourth-order valence-electron chi connectivity index (χ4n) is 14.8. The number of aromatic nitrogens is 2. The first-order valence-electron chi connectivity index (χ1n) is 40.2. The maximum Gasteiger partial charge on any atom is 0.323 e. The summed E-state index contributed by atoms with van der Waals surface area (Å²) in [4.78, 5) is 46.6. The summed E-state index contributed by atoms with van der Waals surface area (Å²) < 4.78 is 26.9. The standard InChI is InChI=1S/C35H34N2O3S.C29H27NO2S.C24H22O2S.C16H14O2S2/c1-35(2,3)31-19-17-29(18-20-31)34-37-36-33(40-34)28-15-11-26(12-16-28)25-9-13-27(14-10-25)32(41)21-30(22-39-23-38)24-7-5-4-6-8-24;31-22-32-21-25(23-10-4-1-5-11-23)20-29(33)24-16-18-28(19-17-24)30(26-12-6-2-7-13-26)27-14-8-3-9-15-27;25-16-26-15-18(17-8-2-1-3-9-17)14-23(27)24-21-12-6-4-10-19(21)20-11-5-7-13-22(20)24;1-18-15(17)14(12-8-4-2-5-9-12)20-16(19)13-10-6-3-7-11-13/h4-20,23,30,32,41H,21-22H2,1-3H3;1-19,22,25,29,33H,20-21H2;1-13,16,18,23-24,27H,14-15H2;2-11,14H,1H3. The molecule has 13 aromatic carbocycles. The highest BCUT2D eigenvalue weighted by molar-refractivity contribution is 8.24. The number of hydrogen-bond donors (Lipinski definition) is 3. The van der Waals surface area contributed by atoms with E-state index >= 15 is 0 Å². The predicted molar refractivity (Wildman–Crippen MR) is 505 cm³/mol. The first-order valence-corrected chi connectivity index (χ1v) is 43.0. The number of methoxy groups -OCH3 is 1. The number of thioether (sulfide) groups is 1. The Morgan fingerprint density at radius 1 is 0.413 bits per heavy atom. The highest BCUT2D eigenvalue weighted by atomic mass is 32.2. The number of ether oxygens (including phenoxy) is 4. The molecule has 12 nitrogen and oxygen atoms in total. The second kappa shape index (κ2) is 45.0. The van der Waals surface area contributed by atoms with Crippen molar-refractivity contribution >= 4 is 109 Å². The van der Waals surface area contributed by atoms with E-state index in [1.165, 1.54) is 52.3 Å². The molecule has 1 aliphatic carbocycles. The maximum atomic E-state index is 12.0. The first kappa shape index (κ1) is 88.5. The zero-order chi connectivity index (χ0) is 84.7. The number of benzene rings is 13. The minimum absolute atomic E-state index is 0.00303. The summed E-state index contributed by atoms with van der Waals surface area (Å²) in [5, 5.41) is 8.25. The summed E-state index contributed by atoms with van der Waals surface area (Å²) in [6.45, 7) is 9.19. The fraction of sp³-hybridized carbons (Fsp3) is 0.183. The van der Waals surface area contributed by atoms with Crippen LogP contribution in [-0.2, 0) is 43.5 Å². The minimum Gasteiger partial charge on any atom is -0.468 e. The first-order chi connectivity index (χ1) is 59.1. The SMILES string of the molecule is CC(C)(C)c1ccc(-c2nnc(-c3ccc(-c4ccc(C(S)CC(COC=O)c5ccccc5)cc4)cc3)o2)cc1.COC(=O)C(SC(=S)c1ccccc1)c1ccccc1.O=COCC(CC(S)C1c2ccccc2-c2ccccc21)c1ccccc1.O=COCC(CC(S)c1ccc(N(c2ccccc2)c2ccccc2)cc1)c1ccccc1. The summed E-state index contributed by atoms with van der Waals surface area (Å²) in [5.74, 6) is 1.23. The van der Waals surface area contributed by atoms with E-state index in [4.69, 9.17) is 73.5 Å². The van der Waals surface area contributed by atoms with E-state index in [9.17, 15) is 19.2 Å². The van der Waals surface area contributed by atoms with Crippen molar-refractivity contribution < 1.29 is 42.5 Å². The second-order valence-electron chi connectivity index (χ2n) is 30.2. The summed E-state index contributed by atoms with van der Waals surface area (Å²) in [6.07, 6.45) is 2.34. The average molecular weight is 1690 g/mol. The molecule has 612 valence electrons. The molecule has 0 saturated heterocycles. The number of thiocarbonyl (C=S) groups is 1. The molecular weight excluding hydrogens is 1600 g/mol. The van der Waals surface area contributed by atoms with Gasteiger partial charge in [0.05, 0.1) is 31.1 Å². The quantitative estimate of drug-likeness (QED) is 0.0124. The Hall–Kier alpha value is -11.8. The molecule has 0 bridgehead atoms. The zero-order valence-corrected chi connectivity index (χ0v) is 72.1. The number of anilines is 3. The molecule has 0 fully saturated rings. The van der Waals surface area contributed by atoms with Crippen LogP contribution < -0.4 is 4.90 Å². The summed E-state index contributed by atoms with van der Waals surface area (Å²) >= 11 is 21.6. The predicted octanol–water partition coefficient (Wildman–Crippen LogP) is 25.6. The van der Waals surface area contributed by atoms with Gasteiger partial charge in [0.1, 0.15) is 5.25 Å². The Morgan fingerprint density at radius 2 is 0.744 bits per heavy atom. The minimum atomic E-state index is -0.436. The Kier molecular flexibility index (Phi) is 32.9. The van der Waals surface area contributed by atoms with Crippen molar-refractivity contribution in [2.75, 3.05) is 31.8 Å². The number of carbonyl (C=O) groups excluding carboxylic acids is 4. The monoisotopic (exact) mass is 1690 g/mol. The molecule has 1 heterocycles. The molecule has 15 rings (SSSR count). The van der Waals surface area contributed by atoms with Crippen LogP contribution in [0.2, 0.25) is 0 Å². The van der Waals surface area contributed by atoms with Crippen LogP contribution in [0.3, 0.4) is 0 Å². The Labute approximate surface area is 736 Å². The van der Waals surface area contributed by atoms with Crippen LogP contribution in [0, 0.1) is 0 Å². The van der Waals surface area contributed by atoms with Crippen molar-refractivity contribution in [2.24, 2.45) is 0 Å². The number of rotatable bonds is 31. The van der Waals surface area contributed by atoms with Gasteiger partial charge in [0.15, 0.2) is 0 Å². The van der Waals surface area contributed by atoms with Crippen LogP contribution in [-0.4, -0.2) is 72.0 Å². The molecule has 0 radical (unpaired) electrons. The van der Waals surface area contributed by atoms with E-state index < -0.39 is 5.25 Å². The number of hydrogen-bond acceptors (Lipinski definition) is 17. The lowest BCUT2D eigenvalue weighted by atomic mass is 9.86. The number of nitrogens with zero attached hydrogens (tertiary/aromatic N) is 3. The van der Waals surface area contributed by atoms with Gasteiger partial charge in [-0.05, 0) is 163 Å². The van der Waals surface area contributed by atoms with Crippen LogP contribution >= 0.6 is 61.9 Å². The second-order valence-corrected chi connectivity index (χ2v) is 33.9. The van der Waals surface area contributed by atoms with E-state index in [-0.39, 0.29) is 50.8 Å². The molecule has 14 aromatic rings. The number of para-hydroxylation sites is 2. The van der Waals surface area contributed by atoms with E-state index in [1.807, 2.05) is 152 Å². The molecule has 121 heavy (non-hydrogen) atoms. The van der Waals surface area contributed by atoms with E-state index in [2.05, 4.69) is 242 Å². The Morgan fingerprint density at radius 3 is 1.14 bits per heavy atom. The number of esters is 1. The van der Waals surface area contributed by atoms with Crippen molar-refractivity contribution in [1.29, 1.82) is 0 Å². The molecular formula is C104H97N3O9S5. The van der Waals surface area contributed by atoms with Gasteiger partial charge < -0.3 is 28.3 Å². The van der Waals surface area contributed by atoms with Crippen molar-refractivity contribution in [2.45, 2.75) is 90.1 Å². The molecule has 0 amide bonds. The van der Waals surface area contributed by atoms with E-state index in [0.29, 0.717) is 55.2 Å². The van der Waals surface area contributed by atoms with Gasteiger partial charge in [-0.1, -0.05) is 342 Å². The third-order valence-corrected chi connectivity index (χ3v) is 24.4. The highest BCUT2D eigenvalue weighted by Gasteiger charge is 2.35. The molecule has 17 heteroatoms. The van der Waals surface area contributed by atoms with Gasteiger partial charge in [0.25, 0.3) is 19.4 Å². The van der Waals surface area contributed by atoms with Crippen LogP contribution in [0.15, 0.2) is 362 Å². The normalized spacial score (nSPS) is 13.0. The van der Waals surface area contributed by atoms with Crippen molar-refractivity contribution in [3.05, 3.63) is 414 Å². The number of fused-ring (bicyclic) bond motifs is 3. The highest BCUT2D eigenvalue weighted by Crippen LogP contribution is 2.50. The zero-order valence-electron chi connectivity index (χ0n) is 67.8. The number of thiol groups is 3. The Bertz CT molecular complexity index is 5440. The van der Waals surface area contributed by atoms with Gasteiger partial charge in [-0.25, -0.2) is 0 Å². The van der Waals surface area contributed by atoms with Crippen LogP contribution in [0.4, 0.5) is 17.1 Å². The topological polar surface area (TPSA) is 147 Å². The molecule has 0 spiro atoms. The van der Waals surface area contributed by atoms with Gasteiger partial charge in [-0.15, -0.1) is 10.2 Å². The molecule has 0 N–H and O–H groups in total. The largest absolute Gasteiger partial charge is 0.468 e. The van der Waals surface area contributed by atoms with Crippen LogP contribution in [0.5, 0.6) is 0 Å². The molecule has 1 aliphatic rings. The lowest BCUT2D eigenvalue weighted by Crippen LogP contribution is -2.19. The summed E-state index contributed by atoms with van der Waals surface area (Å²) in [7, 11) is 1.39. The van der Waals surface area contributed by atoms with Gasteiger partial charge in [0, 0.05) is 67.6 Å². The van der Waals surface area contributed by atoms with Crippen molar-refractivity contribution in [1.82, 2.24) is 10.2 Å². The molecule has 0 aliphatic heterocycles. The van der Waals surface area contributed by atoms with Gasteiger partial charge >= 0.3 is 5.97 Å². The van der Waals surface area contributed by atoms with Gasteiger partial charge in [-0.2, -0.15) is 37.9 Å². The third kappa shape index (κ3) is 24.5. The van der Waals surface area contributed by atoms with Gasteiger partial charge in [0.2, 0.25) is 11.8 Å². The maximum absolute atomic E-state index is 12.0. The van der Waals surface area contributed by atoms with Gasteiger partial charge in [-0.3, -0.25) is 19.2 Å². The fourth-order valence-corrected chi connectivity index (χ4v) is 17.7. The third-order valence-electron chi connectivity index (χ3n) is 21.2. The van der Waals surface area contributed by atoms with E-state index in [0.717, 1.165) is 92.0 Å². The number of carbonyl (C=O) groups is 4. The molecule has 7 unspecified atom stereocenters. The van der Waals surface area contributed by atoms with Crippen LogP contribution in [0.25, 0.3) is 45.2 Å². The van der Waals surface area contributed by atoms with Crippen molar-refractivity contribution in [3.63, 3.8) is 0 Å². The van der Waals surface area contributed by atoms with Crippen LogP contribution in [0.1, 0.15) is 135 Å². The Balaban J connectivity index is 0.000000152. The van der Waals surface area contributed by atoms with Crippen molar-refractivity contribution in [3.8, 4) is 45.2 Å². The average Bonchev–Trinajstić information content (AvgIpc) is 1.60. The lowest BCUT2D eigenvalue weighted by molar-refractivity contribution is -0.140. The molecule has 1 aromatic heterocycles. The summed E-state index contributed by atoms with van der Waals surface area (Å²) in [6, 6.07) is 121. The molecule has 7 atom stereocenters. The smallest absolute Gasteiger partial charge is 0.323 e.